The van der Waals surface area contributed by atoms with E-state index >= 15 is 0 Å². The van der Waals surface area contributed by atoms with Crippen molar-refractivity contribution >= 4 is 56.2 Å². The third-order valence-corrected chi connectivity index (χ3v) is 7.05. The van der Waals surface area contributed by atoms with Gasteiger partial charge in [-0.25, -0.2) is 8.42 Å². The van der Waals surface area contributed by atoms with Crippen LogP contribution in [-0.4, -0.2) is 36.0 Å². The first-order chi connectivity index (χ1) is 14.8. The lowest BCUT2D eigenvalue weighted by molar-refractivity contribution is -0.124. The van der Waals surface area contributed by atoms with Gasteiger partial charge in [0.25, 0.3) is 15.9 Å². The zero-order valence-corrected chi connectivity index (χ0v) is 19.1. The number of carbonyl (C=O) groups is 2. The Bertz CT molecular complexity index is 1110. The minimum atomic E-state index is -3.83. The highest BCUT2D eigenvalue weighted by atomic mass is 32.2. The molecule has 2 N–H and O–H groups in total. The molecule has 10 heteroatoms. The minimum Gasteiger partial charge on any atom is -0.293 e. The number of sulfonamides is 1. The van der Waals surface area contributed by atoms with E-state index in [-0.39, 0.29) is 23.8 Å². The molecule has 7 nitrogen and oxygen atoms in total. The van der Waals surface area contributed by atoms with Crippen molar-refractivity contribution in [3.05, 3.63) is 70.6 Å². The molecule has 0 aromatic heterocycles. The second-order valence-corrected chi connectivity index (χ2v) is 10.2. The number of hydrazine groups is 1. The van der Waals surface area contributed by atoms with Crippen LogP contribution in [0.2, 0.25) is 0 Å². The number of benzene rings is 2. The molecule has 2 aromatic carbocycles. The second kappa shape index (κ2) is 10.2. The summed E-state index contributed by atoms with van der Waals surface area (Å²) in [7, 11) is -3.83. The van der Waals surface area contributed by atoms with Crippen LogP contribution in [0.1, 0.15) is 24.0 Å². The summed E-state index contributed by atoms with van der Waals surface area (Å²) in [5.41, 5.74) is 4.23. The first-order valence-corrected chi connectivity index (χ1v) is 12.1. The Morgan fingerprint density at radius 1 is 1.13 bits per heavy atom. The van der Waals surface area contributed by atoms with E-state index in [2.05, 4.69) is 10.3 Å². The number of thioether (sulfide) groups is 1. The third-order valence-electron chi connectivity index (χ3n) is 4.41. The quantitative estimate of drug-likeness (QED) is 0.346. The minimum absolute atomic E-state index is 0.0331. The maximum absolute atomic E-state index is 12.6. The summed E-state index contributed by atoms with van der Waals surface area (Å²) in [6.45, 7) is 2.26. The van der Waals surface area contributed by atoms with E-state index in [0.29, 0.717) is 15.6 Å². The molecule has 1 saturated heterocycles. The summed E-state index contributed by atoms with van der Waals surface area (Å²) < 4.78 is 24.6. The number of amides is 2. The summed E-state index contributed by atoms with van der Waals surface area (Å²) in [5, 5.41) is 0. The number of hydrogen-bond acceptors (Lipinski definition) is 6. The van der Waals surface area contributed by atoms with Crippen molar-refractivity contribution in [1.29, 1.82) is 0 Å². The van der Waals surface area contributed by atoms with E-state index in [1.807, 2.05) is 31.2 Å². The van der Waals surface area contributed by atoms with Crippen molar-refractivity contribution < 1.29 is 18.0 Å². The smallest absolute Gasteiger partial charge is 0.266 e. The number of hydrogen-bond donors (Lipinski definition) is 2. The number of thiocarbonyl (C=S) groups is 1. The van der Waals surface area contributed by atoms with Crippen molar-refractivity contribution in [1.82, 2.24) is 15.2 Å². The van der Waals surface area contributed by atoms with Gasteiger partial charge in [0, 0.05) is 13.0 Å². The van der Waals surface area contributed by atoms with Crippen LogP contribution in [0.4, 0.5) is 0 Å². The molecule has 1 heterocycles. The molecule has 3 rings (SSSR count). The lowest BCUT2D eigenvalue weighted by atomic mass is 10.1. The van der Waals surface area contributed by atoms with Crippen molar-refractivity contribution in [3.8, 4) is 0 Å². The van der Waals surface area contributed by atoms with Gasteiger partial charge >= 0.3 is 0 Å². The predicted octanol–water partition coefficient (Wildman–Crippen LogP) is 2.99. The largest absolute Gasteiger partial charge is 0.293 e. The van der Waals surface area contributed by atoms with Gasteiger partial charge in [0.05, 0.1) is 9.80 Å². The molecule has 0 aliphatic carbocycles. The first-order valence-electron chi connectivity index (χ1n) is 9.44. The average Bonchev–Trinajstić information content (AvgIpc) is 3.02. The molecule has 2 amide bonds. The number of aryl methyl sites for hydroxylation is 1. The summed E-state index contributed by atoms with van der Waals surface area (Å²) >= 11 is 6.53. The average molecular weight is 476 g/mol. The van der Waals surface area contributed by atoms with Gasteiger partial charge in [-0.3, -0.25) is 19.9 Å². The second-order valence-electron chi connectivity index (χ2n) is 6.81. The lowest BCUT2D eigenvalue weighted by Crippen LogP contribution is -2.41. The van der Waals surface area contributed by atoms with Gasteiger partial charge in [-0.2, -0.15) is 0 Å². The molecular weight excluding hydrogens is 454 g/mol. The fourth-order valence-electron chi connectivity index (χ4n) is 2.75. The van der Waals surface area contributed by atoms with Crippen molar-refractivity contribution in [3.63, 3.8) is 0 Å². The molecule has 0 spiro atoms. The molecule has 0 bridgehead atoms. The molecule has 0 atom stereocenters. The summed E-state index contributed by atoms with van der Waals surface area (Å²) in [6, 6.07) is 15.5. The molecule has 1 fully saturated rings. The Morgan fingerprint density at radius 2 is 1.81 bits per heavy atom. The Balaban J connectivity index is 1.48. The zero-order chi connectivity index (χ0) is 22.4. The van der Waals surface area contributed by atoms with Crippen LogP contribution < -0.4 is 10.3 Å². The molecule has 162 valence electrons. The molecule has 2 aromatic rings. The van der Waals surface area contributed by atoms with Gasteiger partial charge < -0.3 is 0 Å². The summed E-state index contributed by atoms with van der Waals surface area (Å²) in [5.74, 6) is -0.694. The van der Waals surface area contributed by atoms with Gasteiger partial charge in [0.2, 0.25) is 5.91 Å². The van der Waals surface area contributed by atoms with E-state index < -0.39 is 15.9 Å². The van der Waals surface area contributed by atoms with E-state index in [0.717, 1.165) is 11.1 Å². The molecule has 31 heavy (non-hydrogen) atoms. The Morgan fingerprint density at radius 3 is 2.48 bits per heavy atom. The normalized spacial score (nSPS) is 15.5. The molecule has 1 aliphatic rings. The number of nitrogens with zero attached hydrogens (tertiary/aromatic N) is 1. The predicted molar refractivity (Wildman–Crippen MR) is 125 cm³/mol. The van der Waals surface area contributed by atoms with Gasteiger partial charge in [-0.05, 0) is 37.1 Å². The van der Waals surface area contributed by atoms with E-state index in [9.17, 15) is 18.0 Å². The van der Waals surface area contributed by atoms with E-state index in [1.165, 1.54) is 28.8 Å². The Kier molecular flexibility index (Phi) is 7.60. The standard InChI is InChI=1S/C21H21N3O4S3/c1-15-9-11-16(12-10-15)14-18-20(26)24(21(29)30-18)13-5-8-19(25)22-23-31(27,28)17-6-3-2-4-7-17/h2-4,6-7,9-12,14,23H,5,8,13H2,1H3,(H,22,25). The van der Waals surface area contributed by atoms with Crippen LogP contribution in [0.5, 0.6) is 0 Å². The fraction of sp³-hybridized carbons (Fsp3) is 0.190. The fourth-order valence-corrected chi connectivity index (χ4v) is 4.94. The molecule has 0 radical (unpaired) electrons. The van der Waals surface area contributed by atoms with Crippen molar-refractivity contribution in [2.24, 2.45) is 0 Å². The topological polar surface area (TPSA) is 95.6 Å². The van der Waals surface area contributed by atoms with Crippen LogP contribution >= 0.6 is 24.0 Å². The number of carbonyl (C=O) groups excluding carboxylic acids is 2. The van der Waals surface area contributed by atoms with Crippen LogP contribution in [0.25, 0.3) is 6.08 Å². The zero-order valence-electron chi connectivity index (χ0n) is 16.7. The highest BCUT2D eigenvalue weighted by molar-refractivity contribution is 8.26. The first kappa shape index (κ1) is 23.1. The summed E-state index contributed by atoms with van der Waals surface area (Å²) in [6.07, 6.45) is 2.17. The van der Waals surface area contributed by atoms with Crippen LogP contribution in [-0.2, 0) is 19.6 Å². The molecular formula is C21H21N3O4S3. The van der Waals surface area contributed by atoms with Gasteiger partial charge in [0.1, 0.15) is 4.32 Å². The van der Waals surface area contributed by atoms with Crippen LogP contribution in [0, 0.1) is 6.92 Å². The van der Waals surface area contributed by atoms with Gasteiger partial charge in [0.15, 0.2) is 0 Å². The van der Waals surface area contributed by atoms with Gasteiger partial charge in [-0.1, -0.05) is 72.0 Å². The van der Waals surface area contributed by atoms with E-state index in [4.69, 9.17) is 12.2 Å². The van der Waals surface area contributed by atoms with Crippen molar-refractivity contribution in [2.75, 3.05) is 6.54 Å². The maximum Gasteiger partial charge on any atom is 0.266 e. The van der Waals surface area contributed by atoms with Crippen LogP contribution in [0.15, 0.2) is 64.4 Å². The lowest BCUT2D eigenvalue weighted by Gasteiger charge is -2.14. The van der Waals surface area contributed by atoms with Crippen LogP contribution in [0.3, 0.4) is 0 Å². The van der Waals surface area contributed by atoms with E-state index in [1.54, 1.807) is 24.3 Å². The summed E-state index contributed by atoms with van der Waals surface area (Å²) in [4.78, 5) is 28.7. The highest BCUT2D eigenvalue weighted by Gasteiger charge is 2.31. The third kappa shape index (κ3) is 6.23. The monoisotopic (exact) mass is 475 g/mol. The highest BCUT2D eigenvalue weighted by Crippen LogP contribution is 2.32. The maximum atomic E-state index is 12.6. The number of nitrogens with one attached hydrogen (secondary N) is 2. The molecule has 0 unspecified atom stereocenters. The number of rotatable bonds is 8. The Hall–Kier alpha value is -2.53. The van der Waals surface area contributed by atoms with Gasteiger partial charge in [-0.15, -0.1) is 4.83 Å². The molecule has 1 aliphatic heterocycles. The SMILES string of the molecule is Cc1ccc(C=C2SC(=S)N(CCCC(=O)NNS(=O)(=O)c3ccccc3)C2=O)cc1. The molecule has 0 saturated carbocycles. The van der Waals surface area contributed by atoms with Crippen molar-refractivity contribution in [2.45, 2.75) is 24.7 Å². The Labute approximate surface area is 190 Å².